The molecule has 0 bridgehead atoms. The number of hydrogen-bond donors (Lipinski definition) is 1. The molecule has 9 heteroatoms. The van der Waals surface area contributed by atoms with E-state index in [2.05, 4.69) is 4.98 Å². The maximum atomic E-state index is 13.3. The highest BCUT2D eigenvalue weighted by Crippen LogP contribution is 2.44. The summed E-state index contributed by atoms with van der Waals surface area (Å²) in [6.45, 7) is 5.05. The van der Waals surface area contributed by atoms with E-state index in [4.69, 9.17) is 16.3 Å². The second-order valence-corrected chi connectivity index (χ2v) is 10.1. The van der Waals surface area contributed by atoms with Gasteiger partial charge in [-0.1, -0.05) is 35.1 Å². The number of Topliss-reactive ketones (excluding diaryl/α,β-unsaturated/α-hetero) is 2. The summed E-state index contributed by atoms with van der Waals surface area (Å²) in [5, 5.41) is 12.0. The van der Waals surface area contributed by atoms with Crippen molar-refractivity contribution in [3.63, 3.8) is 0 Å². The molecule has 3 heterocycles. The minimum absolute atomic E-state index is 0.0167. The molecule has 0 radical (unpaired) electrons. The van der Waals surface area contributed by atoms with E-state index in [1.165, 1.54) is 11.8 Å². The molecule has 2 aliphatic rings. The first-order chi connectivity index (χ1) is 16.7. The Labute approximate surface area is 210 Å². The number of nitrogens with zero attached hydrogens (tertiary/aromatic N) is 2. The Balaban J connectivity index is 1.70. The first-order valence-corrected chi connectivity index (χ1v) is 12.2. The van der Waals surface area contributed by atoms with E-state index in [1.54, 1.807) is 49.4 Å². The summed E-state index contributed by atoms with van der Waals surface area (Å²) in [5.41, 5.74) is 2.26. The monoisotopic (exact) mass is 508 g/mol. The lowest BCUT2D eigenvalue weighted by Crippen LogP contribution is -2.29. The molecule has 1 fully saturated rings. The number of aryl methyl sites for hydroxylation is 1. The molecular weight excluding hydrogens is 488 g/mol. The number of rotatable bonds is 4. The van der Waals surface area contributed by atoms with Crippen LogP contribution in [-0.4, -0.2) is 33.7 Å². The number of hydrogen-bond acceptors (Lipinski definition) is 7. The molecule has 35 heavy (non-hydrogen) atoms. The number of thiazole rings is 1. The maximum Gasteiger partial charge on any atom is 0.301 e. The van der Waals surface area contributed by atoms with Crippen LogP contribution in [-0.2, 0) is 16.0 Å². The van der Waals surface area contributed by atoms with Crippen molar-refractivity contribution in [3.05, 3.63) is 80.3 Å². The topological polar surface area (TPSA) is 96.8 Å². The molecule has 2 atom stereocenters. The molecular formula is C26H21ClN2O5S. The van der Waals surface area contributed by atoms with E-state index < -0.39 is 17.7 Å². The van der Waals surface area contributed by atoms with Gasteiger partial charge in [0, 0.05) is 23.9 Å². The summed E-state index contributed by atoms with van der Waals surface area (Å²) in [5.74, 6) is -1.42. The fraction of sp³-hybridized carbons (Fsp3) is 0.231. The number of carbonyl (C=O) groups excluding carboxylic acids is 3. The van der Waals surface area contributed by atoms with Crippen molar-refractivity contribution in [2.75, 3.05) is 4.90 Å². The van der Waals surface area contributed by atoms with Gasteiger partial charge in [-0.3, -0.25) is 19.3 Å². The first-order valence-electron chi connectivity index (χ1n) is 11.0. The Morgan fingerprint density at radius 1 is 1.23 bits per heavy atom. The van der Waals surface area contributed by atoms with Crippen molar-refractivity contribution >= 4 is 51.3 Å². The number of amides is 1. The average Bonchev–Trinajstić information content (AvgIpc) is 3.45. The number of aliphatic hydroxyl groups is 1. The van der Waals surface area contributed by atoms with Crippen LogP contribution < -0.4 is 9.64 Å². The summed E-state index contributed by atoms with van der Waals surface area (Å²) in [6.07, 6.45) is 0.692. The lowest BCUT2D eigenvalue weighted by Gasteiger charge is -2.23. The molecule has 7 nitrogen and oxygen atoms in total. The van der Waals surface area contributed by atoms with Crippen LogP contribution in [0.2, 0.25) is 5.02 Å². The van der Waals surface area contributed by atoms with Crippen molar-refractivity contribution in [2.45, 2.75) is 39.3 Å². The number of ether oxygens (including phenoxy) is 1. The lowest BCUT2D eigenvalue weighted by molar-refractivity contribution is -0.132. The summed E-state index contributed by atoms with van der Waals surface area (Å²) in [6, 6.07) is 11.0. The Hall–Kier alpha value is -3.49. The second-order valence-electron chi connectivity index (χ2n) is 8.65. The van der Waals surface area contributed by atoms with Crippen LogP contribution in [0.1, 0.15) is 51.9 Å². The third kappa shape index (κ3) is 3.92. The van der Waals surface area contributed by atoms with E-state index in [-0.39, 0.29) is 28.4 Å². The molecule has 0 spiro atoms. The van der Waals surface area contributed by atoms with Gasteiger partial charge in [0.1, 0.15) is 17.6 Å². The Bertz CT molecular complexity index is 1440. The van der Waals surface area contributed by atoms with Crippen LogP contribution in [0, 0.1) is 6.92 Å². The van der Waals surface area contributed by atoms with Gasteiger partial charge in [0.15, 0.2) is 10.9 Å². The highest BCUT2D eigenvalue weighted by Gasteiger charge is 2.48. The van der Waals surface area contributed by atoms with Gasteiger partial charge in [-0.25, -0.2) is 4.98 Å². The zero-order chi connectivity index (χ0) is 25.0. The van der Waals surface area contributed by atoms with Crippen LogP contribution in [0.5, 0.6) is 5.75 Å². The highest BCUT2D eigenvalue weighted by atomic mass is 35.5. The van der Waals surface area contributed by atoms with E-state index >= 15 is 0 Å². The van der Waals surface area contributed by atoms with Gasteiger partial charge >= 0.3 is 5.91 Å². The van der Waals surface area contributed by atoms with Gasteiger partial charge in [0.05, 0.1) is 22.2 Å². The number of halogens is 1. The van der Waals surface area contributed by atoms with Gasteiger partial charge in [-0.15, -0.1) is 0 Å². The molecule has 3 aromatic rings. The molecule has 0 aliphatic carbocycles. The van der Waals surface area contributed by atoms with Gasteiger partial charge in [-0.05, 0) is 55.3 Å². The molecule has 0 unspecified atom stereocenters. The maximum absolute atomic E-state index is 13.3. The van der Waals surface area contributed by atoms with Crippen molar-refractivity contribution in [1.29, 1.82) is 0 Å². The zero-order valence-electron chi connectivity index (χ0n) is 19.2. The van der Waals surface area contributed by atoms with Gasteiger partial charge < -0.3 is 9.84 Å². The molecule has 1 aromatic heterocycles. The van der Waals surface area contributed by atoms with Crippen LogP contribution in [0.4, 0.5) is 5.13 Å². The van der Waals surface area contributed by atoms with Crippen LogP contribution in [0.3, 0.4) is 0 Å². The molecule has 0 saturated carbocycles. The number of benzene rings is 2. The average molecular weight is 509 g/mol. The number of ketones is 2. The predicted octanol–water partition coefficient (Wildman–Crippen LogP) is 5.26. The minimum Gasteiger partial charge on any atom is -0.507 e. The van der Waals surface area contributed by atoms with Gasteiger partial charge in [-0.2, -0.15) is 0 Å². The minimum atomic E-state index is -0.970. The largest absolute Gasteiger partial charge is 0.507 e. The van der Waals surface area contributed by atoms with Crippen LogP contribution >= 0.6 is 22.9 Å². The van der Waals surface area contributed by atoms with Crippen molar-refractivity contribution < 1.29 is 24.2 Å². The summed E-state index contributed by atoms with van der Waals surface area (Å²) in [7, 11) is 0. The molecule has 178 valence electrons. The Morgan fingerprint density at radius 2 is 2.00 bits per heavy atom. The van der Waals surface area contributed by atoms with Gasteiger partial charge in [0.25, 0.3) is 5.78 Å². The predicted molar refractivity (Wildman–Crippen MR) is 133 cm³/mol. The molecule has 1 N–H and O–H groups in total. The van der Waals surface area contributed by atoms with E-state index in [1.807, 2.05) is 6.92 Å². The zero-order valence-corrected chi connectivity index (χ0v) is 20.7. The van der Waals surface area contributed by atoms with Crippen molar-refractivity contribution in [1.82, 2.24) is 4.98 Å². The molecule has 1 amide bonds. The summed E-state index contributed by atoms with van der Waals surface area (Å²) < 4.78 is 5.74. The second kappa shape index (κ2) is 8.62. The normalized spacial score (nSPS) is 20.7. The smallest absolute Gasteiger partial charge is 0.301 e. The van der Waals surface area contributed by atoms with Gasteiger partial charge in [0.2, 0.25) is 0 Å². The number of aromatic nitrogens is 1. The van der Waals surface area contributed by atoms with E-state index in [0.29, 0.717) is 33.1 Å². The summed E-state index contributed by atoms with van der Waals surface area (Å²) in [4.78, 5) is 44.7. The fourth-order valence-electron chi connectivity index (χ4n) is 4.56. The quantitative estimate of drug-likeness (QED) is 0.223. The third-order valence-corrected chi connectivity index (χ3v) is 7.58. The molecule has 1 saturated heterocycles. The number of aliphatic hydroxyl groups excluding tert-OH is 1. The van der Waals surface area contributed by atoms with Crippen molar-refractivity contribution in [2.24, 2.45) is 0 Å². The number of carbonyl (C=O) groups is 3. The fourth-order valence-corrected chi connectivity index (χ4v) is 5.75. The van der Waals surface area contributed by atoms with Crippen molar-refractivity contribution in [3.8, 4) is 5.75 Å². The SMILES string of the molecule is CC(=O)c1sc(N2C(=O)C(=O)C(=C(O)c3ccc4c(c3)C[C@@H](C)O4)[C@H]2c2cccc(Cl)c2)nc1C. The first kappa shape index (κ1) is 23.3. The molecule has 2 aliphatic heterocycles. The number of fused-ring (bicyclic) bond motifs is 1. The Morgan fingerprint density at radius 3 is 2.69 bits per heavy atom. The molecule has 5 rings (SSSR count). The van der Waals surface area contributed by atoms with E-state index in [0.717, 1.165) is 22.6 Å². The lowest BCUT2D eigenvalue weighted by atomic mass is 9.94. The standard InChI is InChI=1S/C26H21ClN2O5S/c1-12-9-17-10-16(7-8-19(17)34-12)22(31)20-21(15-5-4-6-18(27)11-15)29(25(33)23(20)32)26-28-13(2)24(35-26)14(3)30/h4-8,10-12,21,31H,9H2,1-3H3/t12-,21-/m1/s1. The summed E-state index contributed by atoms with van der Waals surface area (Å²) >= 11 is 7.28. The van der Waals surface area contributed by atoms with Crippen LogP contribution in [0.25, 0.3) is 5.76 Å². The molecule has 2 aromatic carbocycles. The third-order valence-electron chi connectivity index (χ3n) is 6.09. The van der Waals surface area contributed by atoms with E-state index in [9.17, 15) is 19.5 Å². The van der Waals surface area contributed by atoms with Crippen LogP contribution in [0.15, 0.2) is 48.0 Å². The number of anilines is 1. The highest BCUT2D eigenvalue weighted by molar-refractivity contribution is 7.18. The Kier molecular flexibility index (Phi) is 5.73.